The molecule has 2 aromatic carbocycles. The molecule has 0 aromatic heterocycles. The summed E-state index contributed by atoms with van der Waals surface area (Å²) in [6.07, 6.45) is 1.66. The third-order valence-corrected chi connectivity index (χ3v) is 4.93. The van der Waals surface area contributed by atoms with E-state index in [0.717, 1.165) is 29.5 Å². The predicted molar refractivity (Wildman–Crippen MR) is 100.0 cm³/mol. The number of aromatic carboxylic acids is 1. The Kier molecular flexibility index (Phi) is 4.80. The molecule has 0 radical (unpaired) electrons. The van der Waals surface area contributed by atoms with E-state index in [1.807, 2.05) is 0 Å². The second-order valence-corrected chi connectivity index (χ2v) is 7.17. The molecule has 0 unspecified atom stereocenters. The van der Waals surface area contributed by atoms with Gasteiger partial charge in [0.1, 0.15) is 0 Å². The smallest absolute Gasteiger partial charge is 0.335 e. The lowest BCUT2D eigenvalue weighted by molar-refractivity contribution is -0.268. The van der Waals surface area contributed by atoms with Crippen molar-refractivity contribution in [2.45, 2.75) is 0 Å². The zero-order valence-corrected chi connectivity index (χ0v) is 14.8. The molecular weight excluding hydrogens is 382 g/mol. The van der Waals surface area contributed by atoms with Crippen LogP contribution in [0.1, 0.15) is 15.9 Å². The maximum absolute atomic E-state index is 12.7. The van der Waals surface area contributed by atoms with Gasteiger partial charge in [-0.1, -0.05) is 59.5 Å². The third-order valence-electron chi connectivity index (χ3n) is 3.39. The van der Waals surface area contributed by atoms with Gasteiger partial charge in [0, 0.05) is 5.02 Å². The monoisotopic (exact) mass is 390 g/mol. The first-order valence-electron chi connectivity index (χ1n) is 6.94. The molecule has 5 nitrogen and oxygen atoms in total. The van der Waals surface area contributed by atoms with Gasteiger partial charge >= 0.3 is 5.97 Å². The zero-order chi connectivity index (χ0) is 18.1. The van der Waals surface area contributed by atoms with Crippen LogP contribution >= 0.6 is 35.6 Å². The molecule has 25 heavy (non-hydrogen) atoms. The summed E-state index contributed by atoms with van der Waals surface area (Å²) in [5, 5.41) is 21.2. The van der Waals surface area contributed by atoms with Crippen molar-refractivity contribution in [2.75, 3.05) is 4.90 Å². The minimum absolute atomic E-state index is 0.244. The summed E-state index contributed by atoms with van der Waals surface area (Å²) in [6, 6.07) is 10.6. The van der Waals surface area contributed by atoms with Crippen LogP contribution in [-0.4, -0.2) is 21.3 Å². The number of hydrogen-bond acceptors (Lipinski definition) is 5. The lowest BCUT2D eigenvalue weighted by atomic mass is 10.1. The lowest BCUT2D eigenvalue weighted by Gasteiger charge is -2.18. The highest BCUT2D eigenvalue weighted by Crippen LogP contribution is 2.37. The minimum atomic E-state index is -1.35. The molecule has 126 valence electrons. The van der Waals surface area contributed by atoms with E-state index in [-0.39, 0.29) is 15.9 Å². The van der Waals surface area contributed by atoms with Gasteiger partial charge in [-0.3, -0.25) is 9.69 Å². The Morgan fingerprint density at radius 3 is 2.72 bits per heavy atom. The van der Waals surface area contributed by atoms with Crippen LogP contribution in [0.15, 0.2) is 47.4 Å². The van der Waals surface area contributed by atoms with E-state index in [0.29, 0.717) is 9.93 Å². The Hall–Kier alpha value is -2.35. The number of carboxylic acids is 1. The Labute approximate surface area is 157 Å². The number of benzene rings is 2. The quantitative estimate of drug-likeness (QED) is 0.638. The molecule has 1 aliphatic rings. The molecule has 3 rings (SSSR count). The number of carbonyl (C=O) groups excluding carboxylic acids is 1. The second-order valence-electron chi connectivity index (χ2n) is 5.06. The molecule has 8 heteroatoms. The van der Waals surface area contributed by atoms with E-state index in [1.165, 1.54) is 11.0 Å². The van der Waals surface area contributed by atoms with Crippen LogP contribution in [0.4, 0.5) is 5.69 Å². The van der Waals surface area contributed by atoms with E-state index in [9.17, 15) is 14.7 Å². The molecule has 0 aliphatic carbocycles. The van der Waals surface area contributed by atoms with Gasteiger partial charge in [-0.25, -0.2) is 4.79 Å². The molecule has 2 aromatic rings. The molecule has 1 amide bonds. The second kappa shape index (κ2) is 6.87. The van der Waals surface area contributed by atoms with Crippen LogP contribution in [0.2, 0.25) is 5.02 Å². The highest BCUT2D eigenvalue weighted by molar-refractivity contribution is 8.27. The summed E-state index contributed by atoms with van der Waals surface area (Å²) >= 11 is 12.3. The maximum Gasteiger partial charge on any atom is 0.335 e. The van der Waals surface area contributed by atoms with Crippen LogP contribution in [0, 0.1) is 0 Å². The van der Waals surface area contributed by atoms with E-state index >= 15 is 0 Å². The van der Waals surface area contributed by atoms with Gasteiger partial charge < -0.3 is 10.2 Å². The normalized spacial score (nSPS) is 15.9. The molecule has 1 aliphatic heterocycles. The number of carbonyl (C=O) groups is 2. The number of carboxylic acid groups (broad SMARTS) is 1. The topological polar surface area (TPSA) is 80.7 Å². The molecule has 0 saturated carbocycles. The summed E-state index contributed by atoms with van der Waals surface area (Å²) in [4.78, 5) is 25.4. The van der Waals surface area contributed by atoms with Gasteiger partial charge in [0.15, 0.2) is 4.32 Å². The van der Waals surface area contributed by atoms with Crippen LogP contribution in [0.3, 0.4) is 0 Å². The fourth-order valence-electron chi connectivity index (χ4n) is 2.26. The van der Waals surface area contributed by atoms with Crippen LogP contribution in [0.25, 0.3) is 6.08 Å². The van der Waals surface area contributed by atoms with Crippen molar-refractivity contribution in [3.05, 3.63) is 63.5 Å². The van der Waals surface area contributed by atoms with E-state index in [2.05, 4.69) is 0 Å². The fraction of sp³-hybridized carbons (Fsp3) is 0. The summed E-state index contributed by atoms with van der Waals surface area (Å²) < 4.78 is 0.258. The van der Waals surface area contributed by atoms with Crippen molar-refractivity contribution in [3.63, 3.8) is 0 Å². The van der Waals surface area contributed by atoms with Crippen LogP contribution in [0.5, 0.6) is 5.75 Å². The average molecular weight is 391 g/mol. The molecule has 0 spiro atoms. The molecule has 1 saturated heterocycles. The number of nitrogens with zero attached hydrogens (tertiary/aromatic N) is 1. The van der Waals surface area contributed by atoms with Crippen molar-refractivity contribution in [2.24, 2.45) is 0 Å². The van der Waals surface area contributed by atoms with Gasteiger partial charge in [0.2, 0.25) is 0 Å². The highest BCUT2D eigenvalue weighted by atomic mass is 35.5. The van der Waals surface area contributed by atoms with Gasteiger partial charge in [-0.05, 0) is 35.9 Å². The number of rotatable bonds is 3. The Morgan fingerprint density at radius 1 is 1.28 bits per heavy atom. The molecule has 1 heterocycles. The van der Waals surface area contributed by atoms with Crippen molar-refractivity contribution in [1.29, 1.82) is 0 Å². The summed E-state index contributed by atoms with van der Waals surface area (Å²) in [6.45, 7) is 0. The van der Waals surface area contributed by atoms with Crippen LogP contribution < -0.4 is 10.0 Å². The first-order valence-corrected chi connectivity index (χ1v) is 8.55. The average Bonchev–Trinajstić information content (AvgIpc) is 2.82. The van der Waals surface area contributed by atoms with Gasteiger partial charge in [0.25, 0.3) is 5.91 Å². The Bertz CT molecular complexity index is 942. The Morgan fingerprint density at radius 2 is 2.04 bits per heavy atom. The number of hydrogen-bond donors (Lipinski definition) is 1. The standard InChI is InChI=1S/C17H10ClNO4S2/c18-10-3-1-2-9(6-10)7-14-15(21)19(17(24)25-14)11-4-5-13(20)12(8-11)16(22)23/h1-8,20H,(H,22,23)/p-1/b14-7-. The van der Waals surface area contributed by atoms with Gasteiger partial charge in [0.05, 0.1) is 16.2 Å². The van der Waals surface area contributed by atoms with Gasteiger partial charge in [-0.15, -0.1) is 0 Å². The number of thioether (sulfide) groups is 1. The largest absolute Gasteiger partial charge is 0.872 e. The zero-order valence-electron chi connectivity index (χ0n) is 12.4. The third kappa shape index (κ3) is 3.53. The summed E-state index contributed by atoms with van der Waals surface area (Å²) in [5.41, 5.74) is 0.577. The fourth-order valence-corrected chi connectivity index (χ4v) is 3.76. The first-order chi connectivity index (χ1) is 11.9. The molecule has 0 atom stereocenters. The highest BCUT2D eigenvalue weighted by Gasteiger charge is 2.33. The van der Waals surface area contributed by atoms with E-state index in [1.54, 1.807) is 30.3 Å². The van der Waals surface area contributed by atoms with Crippen LogP contribution in [-0.2, 0) is 4.79 Å². The van der Waals surface area contributed by atoms with Crippen molar-refractivity contribution >= 4 is 63.5 Å². The number of halogens is 1. The SMILES string of the molecule is O=C(O)c1cc(N2C(=O)/C(=C/c3cccc(Cl)c3)SC2=S)ccc1[O-]. The maximum atomic E-state index is 12.7. The number of thiocarbonyl (C=S) groups is 1. The predicted octanol–water partition coefficient (Wildman–Crippen LogP) is 3.52. The van der Waals surface area contributed by atoms with Crippen molar-refractivity contribution in [1.82, 2.24) is 0 Å². The Balaban J connectivity index is 1.97. The lowest BCUT2D eigenvalue weighted by Crippen LogP contribution is -2.27. The van der Waals surface area contributed by atoms with Crippen molar-refractivity contribution in [3.8, 4) is 5.75 Å². The van der Waals surface area contributed by atoms with Gasteiger partial charge in [-0.2, -0.15) is 0 Å². The first kappa shape index (κ1) is 17.5. The molecular formula is C17H9ClNO4S2-. The molecule has 1 N–H and O–H groups in total. The molecule has 0 bridgehead atoms. The minimum Gasteiger partial charge on any atom is -0.872 e. The summed E-state index contributed by atoms with van der Waals surface area (Å²) in [5.74, 6) is -2.37. The number of anilines is 1. The molecule has 1 fully saturated rings. The van der Waals surface area contributed by atoms with Crippen molar-refractivity contribution < 1.29 is 19.8 Å². The summed E-state index contributed by atoms with van der Waals surface area (Å²) in [7, 11) is 0. The van der Waals surface area contributed by atoms with E-state index < -0.39 is 17.3 Å². The van der Waals surface area contributed by atoms with E-state index in [4.69, 9.17) is 28.9 Å². The number of amides is 1.